The van der Waals surface area contributed by atoms with E-state index in [1.807, 2.05) is 33.2 Å². The molecule has 2 aliphatic rings. The van der Waals surface area contributed by atoms with Crippen molar-refractivity contribution >= 4 is 23.8 Å². The minimum atomic E-state index is -0.900. The lowest BCUT2D eigenvalue weighted by atomic mass is 9.89. The molecule has 0 unspecified atom stereocenters. The van der Waals surface area contributed by atoms with Gasteiger partial charge in [0.05, 0.1) is 17.0 Å². The van der Waals surface area contributed by atoms with Gasteiger partial charge in [-0.1, -0.05) is 11.8 Å². The van der Waals surface area contributed by atoms with E-state index in [0.717, 1.165) is 54.6 Å². The van der Waals surface area contributed by atoms with Crippen LogP contribution in [0.5, 0.6) is 0 Å². The summed E-state index contributed by atoms with van der Waals surface area (Å²) >= 11 is 1.48. The number of amides is 1. The number of aromatic carboxylic acids is 1. The van der Waals surface area contributed by atoms with Crippen LogP contribution in [-0.2, 0) is 17.6 Å². The Bertz CT molecular complexity index is 1040. The van der Waals surface area contributed by atoms with Crippen molar-refractivity contribution in [3.8, 4) is 11.4 Å². The van der Waals surface area contributed by atoms with Crippen LogP contribution < -0.4 is 5.32 Å². The normalized spacial score (nSPS) is 20.2. The van der Waals surface area contributed by atoms with Crippen molar-refractivity contribution in [2.24, 2.45) is 0 Å². The predicted molar refractivity (Wildman–Crippen MR) is 122 cm³/mol. The van der Waals surface area contributed by atoms with Gasteiger partial charge in [-0.15, -0.1) is 0 Å². The summed E-state index contributed by atoms with van der Waals surface area (Å²) in [6.07, 6.45) is 9.94. The number of thioether (sulfide) groups is 1. The monoisotopic (exact) mass is 458 g/mol. The zero-order valence-electron chi connectivity index (χ0n) is 19.0. The van der Waals surface area contributed by atoms with Gasteiger partial charge in [0.15, 0.2) is 5.16 Å². The van der Waals surface area contributed by atoms with Gasteiger partial charge < -0.3 is 19.7 Å². The predicted octanol–water partition coefficient (Wildman–Crippen LogP) is 4.47. The number of carbonyl (C=O) groups excluding carboxylic acids is 1. The number of hydrogen-bond donors (Lipinski definition) is 2. The topological polar surface area (TPSA) is 106 Å². The molecule has 2 aromatic rings. The van der Waals surface area contributed by atoms with E-state index in [1.54, 1.807) is 6.20 Å². The van der Waals surface area contributed by atoms with Crippen molar-refractivity contribution in [2.75, 3.05) is 6.26 Å². The van der Waals surface area contributed by atoms with Gasteiger partial charge in [0.25, 0.3) is 0 Å². The van der Waals surface area contributed by atoms with Gasteiger partial charge in [0.2, 0.25) is 0 Å². The highest BCUT2D eigenvalue weighted by Gasteiger charge is 2.32. The molecule has 172 valence electrons. The lowest BCUT2D eigenvalue weighted by Crippen LogP contribution is -2.41. The molecule has 2 aromatic heterocycles. The van der Waals surface area contributed by atoms with Gasteiger partial charge in [-0.2, -0.15) is 0 Å². The van der Waals surface area contributed by atoms with Gasteiger partial charge in [-0.05, 0) is 76.7 Å². The summed E-state index contributed by atoms with van der Waals surface area (Å²) in [5, 5.41) is 13.5. The van der Waals surface area contributed by atoms with Crippen molar-refractivity contribution in [3.63, 3.8) is 0 Å². The number of fused-ring (bicyclic) bond motifs is 3. The quantitative estimate of drug-likeness (QED) is 0.514. The van der Waals surface area contributed by atoms with E-state index in [1.165, 1.54) is 11.8 Å². The zero-order chi connectivity index (χ0) is 23.0. The van der Waals surface area contributed by atoms with Crippen molar-refractivity contribution in [1.29, 1.82) is 0 Å². The molecule has 2 aliphatic carbocycles. The minimum Gasteiger partial charge on any atom is -0.478 e. The number of ether oxygens (including phenoxy) is 1. The molecule has 0 radical (unpaired) electrons. The van der Waals surface area contributed by atoms with E-state index >= 15 is 0 Å². The highest BCUT2D eigenvalue weighted by molar-refractivity contribution is 7.98. The molecule has 9 heteroatoms. The Morgan fingerprint density at radius 2 is 1.94 bits per heavy atom. The second kappa shape index (κ2) is 8.77. The van der Waals surface area contributed by atoms with Crippen molar-refractivity contribution in [2.45, 2.75) is 82.1 Å². The SMILES string of the molecule is CSc1ncc2c(n1)-c1c(c(C(=O)O)cn1[C@H]1CC[C@@H](NC(=O)OC(C)(C)C)CC1)CC2. The summed E-state index contributed by atoms with van der Waals surface area (Å²) in [6, 6.07) is 0.219. The molecule has 0 saturated heterocycles. The standard InChI is InChI=1S/C23H30N4O4S/c1-23(2,3)31-22(30)25-14-6-8-15(9-7-14)27-12-17(20(28)29)16-10-5-13-11-24-21(32-4)26-18(13)19(16)27/h11-12,14-15H,5-10H2,1-4H3,(H,25,30)(H,28,29)/t14-,15+. The van der Waals surface area contributed by atoms with E-state index in [4.69, 9.17) is 9.72 Å². The number of carboxylic acids is 1. The largest absolute Gasteiger partial charge is 0.478 e. The van der Waals surface area contributed by atoms with Gasteiger partial charge >= 0.3 is 12.1 Å². The first-order valence-corrected chi connectivity index (χ1v) is 12.3. The fraction of sp³-hybridized carbons (Fsp3) is 0.565. The number of hydrogen-bond acceptors (Lipinski definition) is 6. The van der Waals surface area contributed by atoms with Crippen molar-refractivity contribution < 1.29 is 19.4 Å². The maximum Gasteiger partial charge on any atom is 0.407 e. The number of rotatable bonds is 4. The van der Waals surface area contributed by atoms with Gasteiger partial charge in [0, 0.05) is 24.5 Å². The number of aryl methyl sites for hydroxylation is 1. The van der Waals surface area contributed by atoms with Crippen LogP contribution in [0.25, 0.3) is 11.4 Å². The zero-order valence-corrected chi connectivity index (χ0v) is 19.8. The summed E-state index contributed by atoms with van der Waals surface area (Å²) in [7, 11) is 0. The summed E-state index contributed by atoms with van der Waals surface area (Å²) in [5.74, 6) is -0.900. The molecule has 2 heterocycles. The minimum absolute atomic E-state index is 0.0594. The highest BCUT2D eigenvalue weighted by Crippen LogP contribution is 2.40. The Morgan fingerprint density at radius 3 is 2.56 bits per heavy atom. The van der Waals surface area contributed by atoms with E-state index in [9.17, 15) is 14.7 Å². The van der Waals surface area contributed by atoms with Gasteiger partial charge in [0.1, 0.15) is 5.60 Å². The average molecular weight is 459 g/mol. The number of nitrogens with zero attached hydrogens (tertiary/aromatic N) is 3. The van der Waals surface area contributed by atoms with Gasteiger partial charge in [-0.3, -0.25) is 0 Å². The Labute approximate surface area is 192 Å². The molecule has 1 saturated carbocycles. The van der Waals surface area contributed by atoms with Crippen LogP contribution in [0.3, 0.4) is 0 Å². The van der Waals surface area contributed by atoms with Crippen LogP contribution >= 0.6 is 11.8 Å². The molecular weight excluding hydrogens is 428 g/mol. The Hall–Kier alpha value is -2.55. The number of nitrogens with one attached hydrogen (secondary N) is 1. The molecule has 0 aromatic carbocycles. The fourth-order valence-corrected chi connectivity index (χ4v) is 5.01. The molecule has 4 rings (SSSR count). The molecule has 8 nitrogen and oxygen atoms in total. The van der Waals surface area contributed by atoms with E-state index in [0.29, 0.717) is 17.1 Å². The lowest BCUT2D eigenvalue weighted by Gasteiger charge is -2.32. The number of carboxylic acid groups (broad SMARTS) is 1. The Morgan fingerprint density at radius 1 is 1.22 bits per heavy atom. The summed E-state index contributed by atoms with van der Waals surface area (Å²) < 4.78 is 7.50. The van der Waals surface area contributed by atoms with E-state index < -0.39 is 11.6 Å². The molecule has 1 fully saturated rings. The van der Waals surface area contributed by atoms with Crippen LogP contribution in [0.1, 0.15) is 74.0 Å². The van der Waals surface area contributed by atoms with Crippen LogP contribution in [0.15, 0.2) is 17.6 Å². The van der Waals surface area contributed by atoms with E-state index in [2.05, 4.69) is 14.9 Å². The Balaban J connectivity index is 1.58. The maximum absolute atomic E-state index is 12.1. The summed E-state index contributed by atoms with van der Waals surface area (Å²) in [4.78, 5) is 33.3. The number of aromatic nitrogens is 3. The van der Waals surface area contributed by atoms with Crippen LogP contribution in [0, 0.1) is 0 Å². The average Bonchev–Trinajstić information content (AvgIpc) is 3.13. The molecule has 0 atom stereocenters. The van der Waals surface area contributed by atoms with Gasteiger partial charge in [-0.25, -0.2) is 19.6 Å². The molecule has 1 amide bonds. The first-order valence-electron chi connectivity index (χ1n) is 11.0. The van der Waals surface area contributed by atoms with Crippen molar-refractivity contribution in [1.82, 2.24) is 19.9 Å². The summed E-state index contributed by atoms with van der Waals surface area (Å²) in [5.41, 5.74) is 3.54. The molecule has 2 N–H and O–H groups in total. The Kier molecular flexibility index (Phi) is 6.20. The highest BCUT2D eigenvalue weighted by atomic mass is 32.2. The third-order valence-corrected chi connectivity index (χ3v) is 6.63. The van der Waals surface area contributed by atoms with Crippen molar-refractivity contribution in [3.05, 3.63) is 29.1 Å². The lowest BCUT2D eigenvalue weighted by molar-refractivity contribution is 0.0487. The maximum atomic E-state index is 12.1. The molecule has 0 spiro atoms. The third kappa shape index (κ3) is 4.62. The smallest absolute Gasteiger partial charge is 0.407 e. The number of carbonyl (C=O) groups is 2. The second-order valence-corrected chi connectivity index (χ2v) is 10.2. The first-order chi connectivity index (χ1) is 15.2. The fourth-order valence-electron chi connectivity index (χ4n) is 4.66. The summed E-state index contributed by atoms with van der Waals surface area (Å²) in [6.45, 7) is 5.55. The molecule has 0 aliphatic heterocycles. The van der Waals surface area contributed by atoms with Crippen LogP contribution in [0.4, 0.5) is 4.79 Å². The first kappa shape index (κ1) is 22.6. The second-order valence-electron chi connectivity index (χ2n) is 9.46. The third-order valence-electron chi connectivity index (χ3n) is 6.07. The molecule has 0 bridgehead atoms. The number of alkyl carbamates (subject to hydrolysis) is 1. The van der Waals surface area contributed by atoms with E-state index in [-0.39, 0.29) is 18.2 Å². The van der Waals surface area contributed by atoms with Crippen LogP contribution in [0.2, 0.25) is 0 Å². The molecule has 32 heavy (non-hydrogen) atoms. The molecular formula is C23H30N4O4S. The van der Waals surface area contributed by atoms with Crippen LogP contribution in [-0.4, -0.2) is 49.6 Å².